The van der Waals surface area contributed by atoms with Crippen LogP contribution in [0.25, 0.3) is 22.2 Å². The summed E-state index contributed by atoms with van der Waals surface area (Å²) < 4.78 is 2.38. The van der Waals surface area contributed by atoms with E-state index in [-0.39, 0.29) is 5.43 Å². The fourth-order valence-corrected chi connectivity index (χ4v) is 9.14. The Labute approximate surface area is 264 Å². The van der Waals surface area contributed by atoms with Crippen LogP contribution in [0, 0.1) is 0 Å². The Bertz CT molecular complexity index is 1520. The number of pyridine rings is 1. The minimum absolute atomic E-state index is 0.191. The van der Waals surface area contributed by atoms with E-state index in [0.29, 0.717) is 11.8 Å². The maximum Gasteiger partial charge on any atom is 0.201 e. The molecule has 3 heterocycles. The van der Waals surface area contributed by atoms with Crippen molar-refractivity contribution in [1.82, 2.24) is 4.57 Å². The molecule has 0 spiro atoms. The zero-order valence-corrected chi connectivity index (χ0v) is 27.7. The summed E-state index contributed by atoms with van der Waals surface area (Å²) in [6, 6.07) is 23.9. The fourth-order valence-electron chi connectivity index (χ4n) is 6.31. The van der Waals surface area contributed by atoms with Gasteiger partial charge in [-0.3, -0.25) is 4.79 Å². The second-order valence-electron chi connectivity index (χ2n) is 11.5. The average molecular weight is 616 g/mol. The topological polar surface area (TPSA) is 22.0 Å². The van der Waals surface area contributed by atoms with Gasteiger partial charge in [0.05, 0.1) is 10.6 Å². The molecule has 2 unspecified atom stereocenters. The van der Waals surface area contributed by atoms with E-state index in [4.69, 9.17) is 0 Å². The lowest BCUT2D eigenvalue weighted by molar-refractivity contribution is 0.502. The minimum Gasteiger partial charge on any atom is -0.340 e. The first-order valence-corrected chi connectivity index (χ1v) is 18.7. The number of unbranched alkanes of at least 4 members (excludes halogenated alkanes) is 3. The van der Waals surface area contributed by atoms with E-state index in [1.807, 2.05) is 22.7 Å². The van der Waals surface area contributed by atoms with Gasteiger partial charge in [0.2, 0.25) is 5.43 Å². The van der Waals surface area contributed by atoms with E-state index in [9.17, 15) is 4.79 Å². The number of rotatable bonds is 17. The Morgan fingerprint density at radius 2 is 1.48 bits per heavy atom. The maximum atomic E-state index is 13.8. The number of hydrogen-bond acceptors (Lipinski definition) is 4. The van der Waals surface area contributed by atoms with Crippen molar-refractivity contribution in [2.45, 2.75) is 101 Å². The molecule has 0 fully saturated rings. The van der Waals surface area contributed by atoms with Crippen molar-refractivity contribution in [1.29, 1.82) is 0 Å². The summed E-state index contributed by atoms with van der Waals surface area (Å²) in [5.41, 5.74) is 3.35. The number of benzene rings is 2. The van der Waals surface area contributed by atoms with Crippen LogP contribution in [0.2, 0.25) is 0 Å². The minimum atomic E-state index is 0.191. The van der Waals surface area contributed by atoms with Crippen LogP contribution in [0.1, 0.15) is 99.6 Å². The van der Waals surface area contributed by atoms with Crippen molar-refractivity contribution in [2.75, 3.05) is 5.75 Å². The molecule has 2 aliphatic rings. The molecule has 2 aromatic heterocycles. The summed E-state index contributed by atoms with van der Waals surface area (Å²) in [5, 5.41) is 5.58. The number of fused-ring (bicyclic) bond motifs is 2. The molecule has 222 valence electrons. The molecule has 1 aliphatic carbocycles. The second-order valence-corrected chi connectivity index (χ2v) is 14.6. The van der Waals surface area contributed by atoms with E-state index >= 15 is 0 Å². The lowest BCUT2D eigenvalue weighted by Crippen LogP contribution is -2.15. The van der Waals surface area contributed by atoms with Gasteiger partial charge in [0.15, 0.2) is 0 Å². The van der Waals surface area contributed by atoms with Crippen molar-refractivity contribution in [2.24, 2.45) is 0 Å². The summed E-state index contributed by atoms with van der Waals surface area (Å²) in [5.74, 6) is 2.23. The van der Waals surface area contributed by atoms with Gasteiger partial charge in [-0.2, -0.15) is 0 Å². The summed E-state index contributed by atoms with van der Waals surface area (Å²) >= 11 is 5.56. The van der Waals surface area contributed by atoms with E-state index in [1.165, 1.54) is 61.8 Å². The lowest BCUT2D eigenvalue weighted by atomic mass is 9.91. The van der Waals surface area contributed by atoms with Crippen molar-refractivity contribution < 1.29 is 0 Å². The molecule has 0 saturated carbocycles. The molecule has 0 amide bonds. The Hall–Kier alpha value is -2.34. The van der Waals surface area contributed by atoms with Crippen LogP contribution in [0.15, 0.2) is 87.2 Å². The quantitative estimate of drug-likeness (QED) is 0.0590. The lowest BCUT2D eigenvalue weighted by Gasteiger charge is -2.20. The van der Waals surface area contributed by atoms with Gasteiger partial charge in [-0.05, 0) is 102 Å². The van der Waals surface area contributed by atoms with Crippen LogP contribution in [0.4, 0.5) is 0 Å². The van der Waals surface area contributed by atoms with E-state index < -0.39 is 0 Å². The highest BCUT2D eigenvalue weighted by atomic mass is 32.2. The molecule has 5 heteroatoms. The number of para-hydroxylation sites is 1. The molecule has 1 aromatic carbocycles. The largest absolute Gasteiger partial charge is 0.340 e. The van der Waals surface area contributed by atoms with Gasteiger partial charge in [-0.25, -0.2) is 0 Å². The monoisotopic (exact) mass is 615 g/mol. The first kappa shape index (κ1) is 31.1. The van der Waals surface area contributed by atoms with E-state index in [0.717, 1.165) is 46.7 Å². The van der Waals surface area contributed by atoms with Crippen molar-refractivity contribution in [3.63, 3.8) is 0 Å². The Kier molecular flexibility index (Phi) is 11.8. The highest BCUT2D eigenvalue weighted by Gasteiger charge is 2.19. The molecule has 1 aliphatic heterocycles. The number of nitrogens with zero attached hydrogens (tertiary/aromatic N) is 1. The number of aromatic nitrogens is 1. The van der Waals surface area contributed by atoms with Gasteiger partial charge in [0, 0.05) is 27.4 Å². The third-order valence-electron chi connectivity index (χ3n) is 8.55. The number of thioether (sulfide) groups is 1. The maximum absolute atomic E-state index is 13.8. The van der Waals surface area contributed by atoms with Crippen molar-refractivity contribution in [3.05, 3.63) is 97.5 Å². The SMILES string of the molecule is CCCCCCn1c2ccc(SCCC(CCCC(CCC)c3cccs3)c3cccs3)c(=O)c-2cc2ccccc21. The van der Waals surface area contributed by atoms with Gasteiger partial charge in [0.1, 0.15) is 0 Å². The first-order chi connectivity index (χ1) is 20.7. The van der Waals surface area contributed by atoms with Gasteiger partial charge in [-0.1, -0.05) is 76.3 Å². The van der Waals surface area contributed by atoms with E-state index in [2.05, 4.69) is 95.9 Å². The third-order valence-corrected chi connectivity index (χ3v) is 11.7. The molecule has 2 nitrogen and oxygen atoms in total. The summed E-state index contributed by atoms with van der Waals surface area (Å²) in [7, 11) is 0. The molecule has 0 saturated heterocycles. The summed E-state index contributed by atoms with van der Waals surface area (Å²) in [6.07, 6.45) is 12.2. The molecular formula is C37H45NOS3. The number of aryl methyl sites for hydroxylation is 1. The van der Waals surface area contributed by atoms with Crippen molar-refractivity contribution in [3.8, 4) is 11.3 Å². The fraction of sp³-hybridized carbons (Fsp3) is 0.432. The van der Waals surface area contributed by atoms with Crippen LogP contribution >= 0.6 is 34.4 Å². The Balaban J connectivity index is 1.27. The number of thiophene rings is 2. The highest BCUT2D eigenvalue weighted by molar-refractivity contribution is 7.99. The summed E-state index contributed by atoms with van der Waals surface area (Å²) in [4.78, 5) is 17.7. The molecule has 0 N–H and O–H groups in total. The molecular weight excluding hydrogens is 571 g/mol. The second kappa shape index (κ2) is 15.9. The van der Waals surface area contributed by atoms with Gasteiger partial charge in [-0.15, -0.1) is 34.4 Å². The average Bonchev–Trinajstić information content (AvgIpc) is 3.74. The smallest absolute Gasteiger partial charge is 0.201 e. The zero-order valence-electron chi connectivity index (χ0n) is 25.2. The van der Waals surface area contributed by atoms with Crippen LogP contribution in [-0.2, 0) is 6.54 Å². The standard InChI is InChI=1S/C37H45NOS3/c1-3-5-6-9-23-38-32-17-8-7-14-30(32)27-31-33(38)20-21-36(37(31)39)42-26-22-29(35-19-12-25-41-35)16-10-15-28(13-4-2)34-18-11-24-40-34/h7-8,11-12,14,17-21,24-25,27-29H,3-6,9-10,13,15-16,22-23,26H2,1-2H3. The number of hydrogen-bond donors (Lipinski definition) is 0. The van der Waals surface area contributed by atoms with E-state index in [1.54, 1.807) is 16.6 Å². The van der Waals surface area contributed by atoms with Crippen LogP contribution in [0.5, 0.6) is 0 Å². The third kappa shape index (κ3) is 7.78. The molecule has 0 radical (unpaired) electrons. The predicted molar refractivity (Wildman–Crippen MR) is 187 cm³/mol. The molecule has 42 heavy (non-hydrogen) atoms. The van der Waals surface area contributed by atoms with Gasteiger partial charge < -0.3 is 4.57 Å². The molecule has 2 atom stereocenters. The van der Waals surface area contributed by atoms with Crippen LogP contribution in [0.3, 0.4) is 0 Å². The zero-order chi connectivity index (χ0) is 29.1. The normalized spacial score (nSPS) is 13.2. The highest BCUT2D eigenvalue weighted by Crippen LogP contribution is 2.36. The molecule has 3 aromatic rings. The van der Waals surface area contributed by atoms with Crippen LogP contribution < -0.4 is 5.43 Å². The first-order valence-electron chi connectivity index (χ1n) is 15.9. The van der Waals surface area contributed by atoms with Gasteiger partial charge >= 0.3 is 0 Å². The van der Waals surface area contributed by atoms with Crippen molar-refractivity contribution >= 4 is 45.3 Å². The van der Waals surface area contributed by atoms with Gasteiger partial charge in [0.25, 0.3) is 0 Å². The Morgan fingerprint density at radius 1 is 0.738 bits per heavy atom. The summed E-state index contributed by atoms with van der Waals surface area (Å²) in [6.45, 7) is 5.51. The predicted octanol–water partition coefficient (Wildman–Crippen LogP) is 11.8. The molecule has 5 rings (SSSR count). The molecule has 0 bridgehead atoms. The Morgan fingerprint density at radius 3 is 2.17 bits per heavy atom. The van der Waals surface area contributed by atoms with Crippen LogP contribution in [-0.4, -0.2) is 10.3 Å².